The molecule has 3 heteroatoms. The van der Waals surface area contributed by atoms with Gasteiger partial charge in [0.15, 0.2) is 0 Å². The van der Waals surface area contributed by atoms with Crippen molar-refractivity contribution in [3.63, 3.8) is 0 Å². The highest BCUT2D eigenvalue weighted by atomic mass is 15.0. The predicted molar refractivity (Wildman–Crippen MR) is 67.5 cm³/mol. The molecule has 1 heterocycles. The second-order valence-electron chi connectivity index (χ2n) is 4.48. The summed E-state index contributed by atoms with van der Waals surface area (Å²) in [6.07, 6.45) is 4.39. The summed E-state index contributed by atoms with van der Waals surface area (Å²) in [5.74, 6) is 0.968. The summed E-state index contributed by atoms with van der Waals surface area (Å²) in [5.41, 5.74) is 7.98. The fourth-order valence-corrected chi connectivity index (χ4v) is 2.04. The number of rotatable bonds is 2. The first-order valence-corrected chi connectivity index (χ1v) is 5.66. The predicted octanol–water partition coefficient (Wildman–Crippen LogP) is 2.70. The van der Waals surface area contributed by atoms with Crippen molar-refractivity contribution in [1.29, 1.82) is 0 Å². The Morgan fingerprint density at radius 1 is 1.38 bits per heavy atom. The normalized spacial score (nSPS) is 15.3. The van der Waals surface area contributed by atoms with Crippen LogP contribution >= 0.6 is 0 Å². The smallest absolute Gasteiger partial charge is 0.134 e. The average Bonchev–Trinajstić information content (AvgIpc) is 3.06. The number of nitrogens with two attached hydrogens (primary N) is 1. The number of aromatic nitrogens is 1. The molecule has 2 aromatic rings. The summed E-state index contributed by atoms with van der Waals surface area (Å²) in [6.45, 7) is 2.05. The van der Waals surface area contributed by atoms with E-state index in [0.717, 1.165) is 27.8 Å². The summed E-state index contributed by atoms with van der Waals surface area (Å²) in [6, 6.07) is 6.61. The molecule has 82 valence electrons. The van der Waals surface area contributed by atoms with Crippen LogP contribution < -0.4 is 11.1 Å². The van der Waals surface area contributed by atoms with E-state index in [-0.39, 0.29) is 0 Å². The molecular formula is C13H15N3. The van der Waals surface area contributed by atoms with Gasteiger partial charge in [0.1, 0.15) is 5.82 Å². The first kappa shape index (κ1) is 9.46. The Balaban J connectivity index is 2.21. The highest BCUT2D eigenvalue weighted by Crippen LogP contribution is 2.32. The third kappa shape index (κ3) is 1.48. The molecule has 1 aromatic heterocycles. The maximum Gasteiger partial charge on any atom is 0.134 e. The Morgan fingerprint density at radius 3 is 2.94 bits per heavy atom. The van der Waals surface area contributed by atoms with Crippen LogP contribution in [0, 0.1) is 6.92 Å². The van der Waals surface area contributed by atoms with Crippen molar-refractivity contribution in [2.45, 2.75) is 25.8 Å². The molecule has 1 aliphatic rings. The molecule has 0 unspecified atom stereocenters. The number of pyridine rings is 1. The number of fused-ring (bicyclic) bond motifs is 1. The van der Waals surface area contributed by atoms with E-state index in [2.05, 4.69) is 16.4 Å². The number of hydrogen-bond donors (Lipinski definition) is 2. The zero-order valence-electron chi connectivity index (χ0n) is 9.33. The third-order valence-corrected chi connectivity index (χ3v) is 3.05. The molecule has 3 nitrogen and oxygen atoms in total. The van der Waals surface area contributed by atoms with Crippen molar-refractivity contribution in [3.05, 3.63) is 30.0 Å². The van der Waals surface area contributed by atoms with Crippen LogP contribution in [0.15, 0.2) is 24.4 Å². The summed E-state index contributed by atoms with van der Waals surface area (Å²) >= 11 is 0. The van der Waals surface area contributed by atoms with Gasteiger partial charge in [-0.1, -0.05) is 12.1 Å². The maximum absolute atomic E-state index is 6.02. The van der Waals surface area contributed by atoms with Gasteiger partial charge in [0.25, 0.3) is 0 Å². The minimum absolute atomic E-state index is 0.611. The van der Waals surface area contributed by atoms with E-state index in [1.165, 1.54) is 12.8 Å². The van der Waals surface area contributed by atoms with Crippen molar-refractivity contribution >= 4 is 22.3 Å². The molecule has 0 amide bonds. The summed E-state index contributed by atoms with van der Waals surface area (Å²) in [4.78, 5) is 4.46. The highest BCUT2D eigenvalue weighted by Gasteiger charge is 2.22. The first-order chi connectivity index (χ1) is 7.75. The Kier molecular flexibility index (Phi) is 1.99. The van der Waals surface area contributed by atoms with Crippen molar-refractivity contribution in [3.8, 4) is 0 Å². The summed E-state index contributed by atoms with van der Waals surface area (Å²) in [5, 5.41) is 5.70. The van der Waals surface area contributed by atoms with Gasteiger partial charge in [-0.2, -0.15) is 0 Å². The molecule has 1 saturated carbocycles. The SMILES string of the molecule is Cc1cnc(NC2CC2)c2cccc(N)c12. The van der Waals surface area contributed by atoms with Crippen molar-refractivity contribution in [1.82, 2.24) is 4.98 Å². The molecule has 0 aliphatic heterocycles. The number of nitrogen functional groups attached to an aromatic ring is 1. The standard InChI is InChI=1S/C13H15N3/c1-8-7-15-13(16-9-5-6-9)10-3-2-4-11(14)12(8)10/h2-4,7,9H,5-6,14H2,1H3,(H,15,16). The Morgan fingerprint density at radius 2 is 2.19 bits per heavy atom. The number of nitrogens with one attached hydrogen (secondary N) is 1. The zero-order chi connectivity index (χ0) is 11.1. The van der Waals surface area contributed by atoms with Gasteiger partial charge < -0.3 is 11.1 Å². The lowest BCUT2D eigenvalue weighted by atomic mass is 10.1. The zero-order valence-corrected chi connectivity index (χ0v) is 9.33. The lowest BCUT2D eigenvalue weighted by molar-refractivity contribution is 1.12. The second-order valence-corrected chi connectivity index (χ2v) is 4.48. The van der Waals surface area contributed by atoms with Crippen LogP contribution in [0.1, 0.15) is 18.4 Å². The van der Waals surface area contributed by atoms with Crippen LogP contribution in [0.5, 0.6) is 0 Å². The molecule has 1 aromatic carbocycles. The van der Waals surface area contributed by atoms with Gasteiger partial charge in [0.05, 0.1) is 0 Å². The molecule has 0 radical (unpaired) electrons. The van der Waals surface area contributed by atoms with E-state index in [1.54, 1.807) is 0 Å². The quantitative estimate of drug-likeness (QED) is 0.754. The molecule has 0 atom stereocenters. The summed E-state index contributed by atoms with van der Waals surface area (Å²) in [7, 11) is 0. The lowest BCUT2D eigenvalue weighted by Crippen LogP contribution is -2.04. The lowest BCUT2D eigenvalue weighted by Gasteiger charge is -2.11. The number of nitrogens with zero attached hydrogens (tertiary/aromatic N) is 1. The van der Waals surface area contributed by atoms with Gasteiger partial charge in [-0.3, -0.25) is 0 Å². The van der Waals surface area contributed by atoms with Crippen molar-refractivity contribution in [2.24, 2.45) is 0 Å². The molecule has 16 heavy (non-hydrogen) atoms. The number of benzene rings is 1. The van der Waals surface area contributed by atoms with E-state index in [4.69, 9.17) is 5.73 Å². The van der Waals surface area contributed by atoms with E-state index in [9.17, 15) is 0 Å². The van der Waals surface area contributed by atoms with Gasteiger partial charge >= 0.3 is 0 Å². The largest absolute Gasteiger partial charge is 0.398 e. The first-order valence-electron chi connectivity index (χ1n) is 5.66. The van der Waals surface area contributed by atoms with Crippen LogP contribution in [0.25, 0.3) is 10.8 Å². The molecule has 1 fully saturated rings. The molecule has 3 N–H and O–H groups in total. The van der Waals surface area contributed by atoms with Crippen LogP contribution in [0.2, 0.25) is 0 Å². The second kappa shape index (κ2) is 3.37. The molecule has 0 saturated heterocycles. The molecular weight excluding hydrogens is 198 g/mol. The molecule has 3 rings (SSSR count). The summed E-state index contributed by atoms with van der Waals surface area (Å²) < 4.78 is 0. The molecule has 1 aliphatic carbocycles. The van der Waals surface area contributed by atoms with Crippen LogP contribution in [0.4, 0.5) is 11.5 Å². The van der Waals surface area contributed by atoms with Crippen LogP contribution in [0.3, 0.4) is 0 Å². The number of aryl methyl sites for hydroxylation is 1. The third-order valence-electron chi connectivity index (χ3n) is 3.05. The molecule has 0 bridgehead atoms. The van der Waals surface area contributed by atoms with Crippen molar-refractivity contribution in [2.75, 3.05) is 11.1 Å². The van der Waals surface area contributed by atoms with Gasteiger partial charge in [0.2, 0.25) is 0 Å². The van der Waals surface area contributed by atoms with Crippen LogP contribution in [-0.2, 0) is 0 Å². The average molecular weight is 213 g/mol. The van der Waals surface area contributed by atoms with Crippen LogP contribution in [-0.4, -0.2) is 11.0 Å². The van der Waals surface area contributed by atoms with Gasteiger partial charge in [0, 0.05) is 28.7 Å². The van der Waals surface area contributed by atoms with E-state index in [0.29, 0.717) is 6.04 Å². The highest BCUT2D eigenvalue weighted by molar-refractivity contribution is 6.01. The Bertz CT molecular complexity index is 536. The molecule has 0 spiro atoms. The topological polar surface area (TPSA) is 50.9 Å². The Hall–Kier alpha value is -1.77. The van der Waals surface area contributed by atoms with E-state index < -0.39 is 0 Å². The minimum atomic E-state index is 0.611. The monoisotopic (exact) mass is 213 g/mol. The van der Waals surface area contributed by atoms with Crippen molar-refractivity contribution < 1.29 is 0 Å². The maximum atomic E-state index is 6.02. The van der Waals surface area contributed by atoms with Gasteiger partial charge in [-0.05, 0) is 31.4 Å². The van der Waals surface area contributed by atoms with Gasteiger partial charge in [-0.25, -0.2) is 4.98 Å². The fraction of sp³-hybridized carbons (Fsp3) is 0.308. The fourth-order valence-electron chi connectivity index (χ4n) is 2.04. The Labute approximate surface area is 94.7 Å². The van der Waals surface area contributed by atoms with E-state index >= 15 is 0 Å². The number of anilines is 2. The minimum Gasteiger partial charge on any atom is -0.398 e. The van der Waals surface area contributed by atoms with E-state index in [1.807, 2.05) is 25.3 Å². The number of hydrogen-bond acceptors (Lipinski definition) is 3. The van der Waals surface area contributed by atoms with Gasteiger partial charge in [-0.15, -0.1) is 0 Å².